The second-order valence-corrected chi connectivity index (χ2v) is 4.86. The van der Waals surface area contributed by atoms with Gasteiger partial charge in [0.15, 0.2) is 0 Å². The minimum absolute atomic E-state index is 0.163. The van der Waals surface area contributed by atoms with Crippen LogP contribution in [-0.2, 0) is 4.79 Å². The van der Waals surface area contributed by atoms with Crippen molar-refractivity contribution in [3.05, 3.63) is 65.2 Å². The number of methoxy groups -OCH3 is 1. The largest absolute Gasteiger partial charge is 0.496 e. The highest BCUT2D eigenvalue weighted by atomic mass is 16.5. The molecule has 0 heterocycles. The molecule has 0 unspecified atom stereocenters. The lowest BCUT2D eigenvalue weighted by molar-refractivity contribution is -0.111. The molecule has 0 aliphatic heterocycles. The second kappa shape index (κ2) is 6.75. The number of ether oxygens (including phenoxy) is 1. The molecule has 0 bridgehead atoms. The zero-order valence-electron chi connectivity index (χ0n) is 12.5. The van der Waals surface area contributed by atoms with Crippen molar-refractivity contribution >= 4 is 17.7 Å². The van der Waals surface area contributed by atoms with Crippen molar-refractivity contribution in [3.8, 4) is 5.75 Å². The lowest BCUT2D eigenvalue weighted by atomic mass is 10.1. The molecule has 0 aromatic heterocycles. The van der Waals surface area contributed by atoms with E-state index in [0.717, 1.165) is 22.6 Å². The summed E-state index contributed by atoms with van der Waals surface area (Å²) in [6.45, 7) is 4.07. The van der Waals surface area contributed by atoms with E-state index in [9.17, 15) is 4.79 Å². The molecule has 108 valence electrons. The Balaban J connectivity index is 2.07. The number of amides is 1. The molecule has 3 nitrogen and oxygen atoms in total. The third-order valence-corrected chi connectivity index (χ3v) is 3.33. The van der Waals surface area contributed by atoms with Gasteiger partial charge in [0.25, 0.3) is 0 Å². The lowest BCUT2D eigenvalue weighted by Gasteiger charge is -2.06. The maximum absolute atomic E-state index is 11.9. The molecule has 3 heteroatoms. The van der Waals surface area contributed by atoms with Crippen molar-refractivity contribution in [2.24, 2.45) is 0 Å². The van der Waals surface area contributed by atoms with Crippen LogP contribution >= 0.6 is 0 Å². The third-order valence-electron chi connectivity index (χ3n) is 3.33. The van der Waals surface area contributed by atoms with E-state index in [2.05, 4.69) is 5.32 Å². The highest BCUT2D eigenvalue weighted by molar-refractivity contribution is 6.02. The Labute approximate surface area is 125 Å². The fourth-order valence-electron chi connectivity index (χ4n) is 1.97. The van der Waals surface area contributed by atoms with Gasteiger partial charge in [-0.25, -0.2) is 0 Å². The summed E-state index contributed by atoms with van der Waals surface area (Å²) in [5, 5.41) is 2.85. The van der Waals surface area contributed by atoms with Crippen LogP contribution in [0.15, 0.2) is 48.5 Å². The summed E-state index contributed by atoms with van der Waals surface area (Å²) in [6, 6.07) is 13.4. The van der Waals surface area contributed by atoms with Gasteiger partial charge >= 0.3 is 0 Å². The molecule has 2 aromatic rings. The van der Waals surface area contributed by atoms with E-state index in [4.69, 9.17) is 4.74 Å². The van der Waals surface area contributed by atoms with Gasteiger partial charge in [0.1, 0.15) is 5.75 Å². The summed E-state index contributed by atoms with van der Waals surface area (Å²) in [6.07, 6.45) is 3.25. The second-order valence-electron chi connectivity index (χ2n) is 4.86. The smallest absolute Gasteiger partial charge is 0.248 e. The molecule has 0 saturated heterocycles. The molecule has 0 aliphatic rings. The average molecular weight is 281 g/mol. The Kier molecular flexibility index (Phi) is 4.77. The standard InChI is InChI=1S/C18H19NO2/c1-13-8-10-16(12-14(13)2)19-18(20)11-9-15-6-4-5-7-17(15)21-3/h4-12H,1-3H3,(H,19,20)/b11-9+. The Bertz CT molecular complexity index is 675. The number of para-hydroxylation sites is 1. The van der Waals surface area contributed by atoms with E-state index in [1.165, 1.54) is 11.6 Å². The fourth-order valence-corrected chi connectivity index (χ4v) is 1.97. The van der Waals surface area contributed by atoms with E-state index in [-0.39, 0.29) is 5.91 Å². The number of hydrogen-bond donors (Lipinski definition) is 1. The molecule has 0 fully saturated rings. The quantitative estimate of drug-likeness (QED) is 0.861. The number of nitrogens with one attached hydrogen (secondary N) is 1. The highest BCUT2D eigenvalue weighted by Crippen LogP contribution is 2.19. The van der Waals surface area contributed by atoms with Crippen LogP contribution in [0.2, 0.25) is 0 Å². The number of carbonyl (C=O) groups is 1. The number of anilines is 1. The monoisotopic (exact) mass is 281 g/mol. The van der Waals surface area contributed by atoms with Gasteiger partial charge in [0.2, 0.25) is 5.91 Å². The Hall–Kier alpha value is -2.55. The van der Waals surface area contributed by atoms with Gasteiger partial charge < -0.3 is 10.1 Å². The molecule has 21 heavy (non-hydrogen) atoms. The first-order valence-electron chi connectivity index (χ1n) is 6.79. The molecule has 0 aliphatic carbocycles. The maximum atomic E-state index is 11.9. The molecular formula is C18H19NO2. The number of aryl methyl sites for hydroxylation is 2. The lowest BCUT2D eigenvalue weighted by Crippen LogP contribution is -2.08. The Morgan fingerprint density at radius 2 is 1.86 bits per heavy atom. The van der Waals surface area contributed by atoms with Gasteiger partial charge in [0.05, 0.1) is 7.11 Å². The molecular weight excluding hydrogens is 262 g/mol. The predicted molar refractivity (Wildman–Crippen MR) is 86.6 cm³/mol. The van der Waals surface area contributed by atoms with Crippen LogP contribution < -0.4 is 10.1 Å². The summed E-state index contributed by atoms with van der Waals surface area (Å²) in [4.78, 5) is 11.9. The first-order valence-corrected chi connectivity index (χ1v) is 6.79. The zero-order valence-corrected chi connectivity index (χ0v) is 12.5. The van der Waals surface area contributed by atoms with Crippen molar-refractivity contribution < 1.29 is 9.53 Å². The average Bonchev–Trinajstić information content (AvgIpc) is 2.49. The Morgan fingerprint density at radius 1 is 1.10 bits per heavy atom. The summed E-state index contributed by atoms with van der Waals surface area (Å²) < 4.78 is 5.24. The predicted octanol–water partition coefficient (Wildman–Crippen LogP) is 3.96. The van der Waals surface area contributed by atoms with Crippen LogP contribution in [0.1, 0.15) is 16.7 Å². The minimum atomic E-state index is -0.163. The van der Waals surface area contributed by atoms with Crippen molar-refractivity contribution in [1.82, 2.24) is 0 Å². The van der Waals surface area contributed by atoms with Gasteiger partial charge in [-0.3, -0.25) is 4.79 Å². The zero-order chi connectivity index (χ0) is 15.2. The summed E-state index contributed by atoms with van der Waals surface area (Å²) >= 11 is 0. The first kappa shape index (κ1) is 14.9. The van der Waals surface area contributed by atoms with E-state index < -0.39 is 0 Å². The molecule has 0 atom stereocenters. The topological polar surface area (TPSA) is 38.3 Å². The highest BCUT2D eigenvalue weighted by Gasteiger charge is 2.01. The third kappa shape index (κ3) is 3.96. The van der Waals surface area contributed by atoms with Gasteiger partial charge in [-0.05, 0) is 49.2 Å². The van der Waals surface area contributed by atoms with Crippen LogP contribution in [0, 0.1) is 13.8 Å². The molecule has 0 spiro atoms. The molecule has 1 N–H and O–H groups in total. The fraction of sp³-hybridized carbons (Fsp3) is 0.167. The molecule has 2 rings (SSSR count). The summed E-state index contributed by atoms with van der Waals surface area (Å²) in [5.41, 5.74) is 4.03. The Morgan fingerprint density at radius 3 is 2.57 bits per heavy atom. The van der Waals surface area contributed by atoms with E-state index in [1.807, 2.05) is 56.3 Å². The van der Waals surface area contributed by atoms with Gasteiger partial charge in [-0.2, -0.15) is 0 Å². The van der Waals surface area contributed by atoms with Crippen LogP contribution in [0.5, 0.6) is 5.75 Å². The van der Waals surface area contributed by atoms with Crippen molar-refractivity contribution in [2.75, 3.05) is 12.4 Å². The van der Waals surface area contributed by atoms with Gasteiger partial charge in [-0.15, -0.1) is 0 Å². The van der Waals surface area contributed by atoms with Crippen LogP contribution in [0.3, 0.4) is 0 Å². The van der Waals surface area contributed by atoms with E-state index in [1.54, 1.807) is 13.2 Å². The van der Waals surface area contributed by atoms with E-state index in [0.29, 0.717) is 0 Å². The maximum Gasteiger partial charge on any atom is 0.248 e. The summed E-state index contributed by atoms with van der Waals surface area (Å²) in [7, 11) is 1.61. The normalized spacial score (nSPS) is 10.6. The molecule has 0 radical (unpaired) electrons. The summed E-state index contributed by atoms with van der Waals surface area (Å²) in [5.74, 6) is 0.580. The number of rotatable bonds is 4. The first-order chi connectivity index (χ1) is 10.1. The van der Waals surface area contributed by atoms with Crippen molar-refractivity contribution in [1.29, 1.82) is 0 Å². The van der Waals surface area contributed by atoms with E-state index >= 15 is 0 Å². The number of benzene rings is 2. The van der Waals surface area contributed by atoms with Gasteiger partial charge in [-0.1, -0.05) is 24.3 Å². The minimum Gasteiger partial charge on any atom is -0.496 e. The SMILES string of the molecule is COc1ccccc1/C=C/C(=O)Nc1ccc(C)c(C)c1. The van der Waals surface area contributed by atoms with Crippen LogP contribution in [-0.4, -0.2) is 13.0 Å². The van der Waals surface area contributed by atoms with Crippen LogP contribution in [0.25, 0.3) is 6.08 Å². The number of carbonyl (C=O) groups excluding carboxylic acids is 1. The van der Waals surface area contributed by atoms with Crippen LogP contribution in [0.4, 0.5) is 5.69 Å². The molecule has 0 saturated carbocycles. The molecule has 1 amide bonds. The number of hydrogen-bond acceptors (Lipinski definition) is 2. The van der Waals surface area contributed by atoms with Crippen molar-refractivity contribution in [3.63, 3.8) is 0 Å². The van der Waals surface area contributed by atoms with Gasteiger partial charge in [0, 0.05) is 17.3 Å². The van der Waals surface area contributed by atoms with Crippen molar-refractivity contribution in [2.45, 2.75) is 13.8 Å². The molecule has 2 aromatic carbocycles.